The Morgan fingerprint density at radius 1 is 1.26 bits per heavy atom. The minimum absolute atomic E-state index is 0.534. The molecular formula is C14H10ClIN2S. The van der Waals surface area contributed by atoms with E-state index in [0.717, 1.165) is 11.2 Å². The fourth-order valence-electron chi connectivity index (χ4n) is 2.14. The molecule has 0 aliphatic rings. The van der Waals surface area contributed by atoms with Crippen LogP contribution in [-0.2, 0) is 5.88 Å². The molecule has 0 amide bonds. The molecule has 2 heterocycles. The first-order valence-corrected chi connectivity index (χ1v) is 9.59. The maximum atomic E-state index is 5.91. The van der Waals surface area contributed by atoms with E-state index in [0.29, 0.717) is 5.88 Å². The van der Waals surface area contributed by atoms with E-state index in [-0.39, 0.29) is 0 Å². The Kier molecular flexibility index (Phi) is 4.00. The van der Waals surface area contributed by atoms with E-state index in [1.54, 1.807) is 9.12 Å². The Balaban J connectivity index is 2.21. The Morgan fingerprint density at radius 2 is 2.16 bits per heavy atom. The molecule has 5 heteroatoms. The van der Waals surface area contributed by atoms with Crippen molar-refractivity contribution in [3.63, 3.8) is 0 Å². The molecule has 2 aromatic heterocycles. The van der Waals surface area contributed by atoms with Gasteiger partial charge in [-0.3, -0.25) is 3.97 Å². The Morgan fingerprint density at radius 3 is 2.95 bits per heavy atom. The van der Waals surface area contributed by atoms with Crippen LogP contribution in [0.15, 0.2) is 48.8 Å². The van der Waals surface area contributed by atoms with Crippen molar-refractivity contribution in [3.8, 4) is 11.1 Å². The molecule has 3 aromatic rings. The van der Waals surface area contributed by atoms with Crippen LogP contribution in [0.4, 0.5) is 0 Å². The number of alkyl halides is 1. The summed E-state index contributed by atoms with van der Waals surface area (Å²) < 4.78 is 2.06. The predicted molar refractivity (Wildman–Crippen MR) is 91.7 cm³/mol. The van der Waals surface area contributed by atoms with Crippen molar-refractivity contribution in [2.24, 2.45) is 0 Å². The highest BCUT2D eigenvalue weighted by Gasteiger charge is 2.08. The van der Waals surface area contributed by atoms with Gasteiger partial charge in [0, 0.05) is 54.0 Å². The highest BCUT2D eigenvalue weighted by Crippen LogP contribution is 2.31. The minimum atomic E-state index is 0.534. The summed E-state index contributed by atoms with van der Waals surface area (Å²) in [6.45, 7) is 0. The lowest BCUT2D eigenvalue weighted by Crippen LogP contribution is -1.87. The normalized spacial score (nSPS) is 11.1. The van der Waals surface area contributed by atoms with Gasteiger partial charge in [-0.05, 0) is 34.9 Å². The number of hydrogen-bond acceptors (Lipinski definition) is 2. The molecule has 96 valence electrons. The fourth-order valence-corrected chi connectivity index (χ4v) is 3.58. The lowest BCUT2D eigenvalue weighted by molar-refractivity contribution is 1.27. The molecule has 2 nitrogen and oxygen atoms in total. The van der Waals surface area contributed by atoms with Gasteiger partial charge in [-0.25, -0.2) is 4.98 Å². The van der Waals surface area contributed by atoms with E-state index >= 15 is 0 Å². The van der Waals surface area contributed by atoms with E-state index in [2.05, 4.69) is 54.4 Å². The van der Waals surface area contributed by atoms with Gasteiger partial charge in [0.15, 0.2) is 5.65 Å². The summed E-state index contributed by atoms with van der Waals surface area (Å²) in [5, 5.41) is 1.17. The van der Waals surface area contributed by atoms with Crippen molar-refractivity contribution in [2.75, 3.05) is 0 Å². The number of fused-ring (bicyclic) bond motifs is 1. The van der Waals surface area contributed by atoms with Crippen molar-refractivity contribution >= 4 is 53.0 Å². The van der Waals surface area contributed by atoms with Gasteiger partial charge in [0.1, 0.15) is 0 Å². The Labute approximate surface area is 132 Å². The average molecular weight is 401 g/mol. The van der Waals surface area contributed by atoms with Gasteiger partial charge in [0.2, 0.25) is 0 Å². The van der Waals surface area contributed by atoms with Gasteiger partial charge in [0.25, 0.3) is 0 Å². The molecular weight excluding hydrogens is 391 g/mol. The molecule has 0 unspecified atom stereocenters. The monoisotopic (exact) mass is 400 g/mol. The number of nitrogens with zero attached hydrogens (tertiary/aromatic N) is 2. The number of rotatable bonds is 3. The van der Waals surface area contributed by atoms with Crippen LogP contribution in [0, 0.1) is 0 Å². The number of benzene rings is 1. The van der Waals surface area contributed by atoms with Gasteiger partial charge >= 0.3 is 0 Å². The van der Waals surface area contributed by atoms with E-state index in [4.69, 9.17) is 11.6 Å². The number of halogens is 2. The number of pyridine rings is 1. The van der Waals surface area contributed by atoms with E-state index in [9.17, 15) is 0 Å². The van der Waals surface area contributed by atoms with Gasteiger partial charge < -0.3 is 0 Å². The summed E-state index contributed by atoms with van der Waals surface area (Å²) in [7, 11) is 1.62. The van der Waals surface area contributed by atoms with Crippen molar-refractivity contribution < 1.29 is 0 Å². The second-order valence-electron chi connectivity index (χ2n) is 4.14. The quantitative estimate of drug-likeness (QED) is 0.439. The number of hydrogen-bond donors (Lipinski definition) is 0. The molecule has 0 radical (unpaired) electrons. The van der Waals surface area contributed by atoms with Gasteiger partial charge in [0.05, 0.1) is 0 Å². The number of aromatic nitrogens is 2. The van der Waals surface area contributed by atoms with Crippen LogP contribution in [0.5, 0.6) is 0 Å². The fraction of sp³-hybridized carbons (Fsp3) is 0.0714. The average Bonchev–Trinajstić information content (AvgIpc) is 2.90. The minimum Gasteiger partial charge on any atom is -0.266 e. The molecule has 0 aliphatic heterocycles. The second kappa shape index (κ2) is 5.73. The zero-order valence-corrected chi connectivity index (χ0v) is 13.6. The van der Waals surface area contributed by atoms with Gasteiger partial charge in [-0.1, -0.05) is 18.2 Å². The smallest absolute Gasteiger partial charge is 0.151 e. The van der Waals surface area contributed by atoms with Crippen LogP contribution in [0.1, 0.15) is 5.56 Å². The first-order valence-electron chi connectivity index (χ1n) is 5.74. The second-order valence-corrected chi connectivity index (χ2v) is 6.12. The largest absolute Gasteiger partial charge is 0.266 e. The molecule has 0 aliphatic carbocycles. The lowest BCUT2D eigenvalue weighted by atomic mass is 10.0. The molecule has 0 N–H and O–H groups in total. The van der Waals surface area contributed by atoms with Crippen molar-refractivity contribution in [2.45, 2.75) is 5.88 Å². The van der Waals surface area contributed by atoms with Crippen LogP contribution in [0.2, 0.25) is 0 Å². The summed E-state index contributed by atoms with van der Waals surface area (Å²) in [4.78, 5) is 4.45. The van der Waals surface area contributed by atoms with Gasteiger partial charge in [-0.2, -0.15) is 0 Å². The van der Waals surface area contributed by atoms with E-state index in [1.807, 2.05) is 24.5 Å². The van der Waals surface area contributed by atoms with Gasteiger partial charge in [-0.15, -0.1) is 11.6 Å². The Bertz CT molecular complexity index is 726. The third-order valence-electron chi connectivity index (χ3n) is 3.02. The highest BCUT2D eigenvalue weighted by atomic mass is 127. The molecule has 3 rings (SSSR count). The van der Waals surface area contributed by atoms with Crippen LogP contribution in [-0.4, -0.2) is 8.96 Å². The molecule has 0 bridgehead atoms. The third kappa shape index (κ3) is 2.49. The topological polar surface area (TPSA) is 17.8 Å². The molecule has 1 aromatic carbocycles. The summed E-state index contributed by atoms with van der Waals surface area (Å²) in [6.07, 6.45) is 3.90. The lowest BCUT2D eigenvalue weighted by Gasteiger charge is -2.06. The molecule has 0 atom stereocenters. The highest BCUT2D eigenvalue weighted by molar-refractivity contribution is 14.2. The summed E-state index contributed by atoms with van der Waals surface area (Å²) in [5.74, 6) is 0.534. The summed E-state index contributed by atoms with van der Waals surface area (Å²) in [5.41, 5.74) is 4.50. The molecule has 0 fully saturated rings. The zero-order chi connectivity index (χ0) is 13.2. The molecule has 0 saturated carbocycles. The van der Waals surface area contributed by atoms with Crippen LogP contribution >= 0.6 is 41.9 Å². The van der Waals surface area contributed by atoms with Crippen LogP contribution in [0.25, 0.3) is 22.2 Å². The Hall–Kier alpha value is -0.720. The maximum Gasteiger partial charge on any atom is 0.151 e. The van der Waals surface area contributed by atoms with Crippen molar-refractivity contribution in [1.29, 1.82) is 0 Å². The zero-order valence-electron chi connectivity index (χ0n) is 9.88. The predicted octanol–water partition coefficient (Wildman–Crippen LogP) is 5.29. The summed E-state index contributed by atoms with van der Waals surface area (Å²) in [6, 6.07) is 12.5. The van der Waals surface area contributed by atoms with Crippen LogP contribution < -0.4 is 0 Å². The van der Waals surface area contributed by atoms with Crippen LogP contribution in [0.3, 0.4) is 0 Å². The maximum absolute atomic E-state index is 5.91. The van der Waals surface area contributed by atoms with E-state index in [1.165, 1.54) is 16.5 Å². The third-order valence-corrected chi connectivity index (χ3v) is 5.05. The van der Waals surface area contributed by atoms with E-state index < -0.39 is 0 Å². The van der Waals surface area contributed by atoms with Crippen molar-refractivity contribution in [1.82, 2.24) is 8.96 Å². The standard InChI is InChI=1S/C14H10ClIN2S/c15-9-10-2-1-3-11(8-10)12-4-6-17-14-13(12)5-7-18(14)19-16/h1-8H,9H2. The first-order chi connectivity index (χ1) is 9.33. The molecule has 0 spiro atoms. The molecule has 0 saturated heterocycles. The van der Waals surface area contributed by atoms with Crippen molar-refractivity contribution in [3.05, 3.63) is 54.4 Å². The summed E-state index contributed by atoms with van der Waals surface area (Å²) >= 11 is 8.17. The molecule has 19 heavy (non-hydrogen) atoms. The SMILES string of the molecule is ClCc1cccc(-c2ccnc3c2ccn3SI)c1. The first kappa shape index (κ1) is 13.3.